The molecule has 3 aromatic rings. The summed E-state index contributed by atoms with van der Waals surface area (Å²) < 4.78 is 0. The molecule has 0 bridgehead atoms. The van der Waals surface area contributed by atoms with Gasteiger partial charge in [0, 0.05) is 11.4 Å². The predicted molar refractivity (Wildman–Crippen MR) is 151 cm³/mol. The Kier molecular flexibility index (Phi) is 7.85. The predicted octanol–water partition coefficient (Wildman–Crippen LogP) is 6.80. The summed E-state index contributed by atoms with van der Waals surface area (Å²) >= 11 is 1.28. The molecule has 1 N–H and O–H groups in total. The van der Waals surface area contributed by atoms with E-state index >= 15 is 0 Å². The summed E-state index contributed by atoms with van der Waals surface area (Å²) in [6.07, 6.45) is 0.507. The maximum Gasteiger partial charge on any atom is 0.269 e. The molecule has 37 heavy (non-hydrogen) atoms. The summed E-state index contributed by atoms with van der Waals surface area (Å²) in [7, 11) is 0. The number of nitrogens with one attached hydrogen (secondary N) is 1. The summed E-state index contributed by atoms with van der Waals surface area (Å²) in [5.41, 5.74) is 6.80. The molecule has 0 aliphatic carbocycles. The zero-order valence-corrected chi connectivity index (χ0v) is 22.6. The quantitative estimate of drug-likeness (QED) is 0.293. The van der Waals surface area contributed by atoms with Gasteiger partial charge in [-0.25, -0.2) is 0 Å². The monoisotopic (exact) mass is 509 g/mol. The minimum Gasteiger partial charge on any atom is -0.321 e. The van der Waals surface area contributed by atoms with Crippen LogP contribution in [0.25, 0.3) is 0 Å². The molecule has 1 saturated heterocycles. The van der Waals surface area contributed by atoms with Gasteiger partial charge in [0.2, 0.25) is 5.91 Å². The molecule has 1 aliphatic rings. The van der Waals surface area contributed by atoms with E-state index in [0.29, 0.717) is 28.7 Å². The SMILES string of the molecule is Cc1ccc(NC(=O)/C(C#N)=C2\SC(Cc3ccc(C)c(C)c3)C(=O)N2c2ccc(C(C)C)cc2)cc1. The van der Waals surface area contributed by atoms with Crippen molar-refractivity contribution < 1.29 is 9.59 Å². The Labute approximate surface area is 223 Å². The highest BCUT2D eigenvalue weighted by molar-refractivity contribution is 8.05. The summed E-state index contributed by atoms with van der Waals surface area (Å²) in [5, 5.41) is 12.8. The molecule has 5 nitrogen and oxygen atoms in total. The average molecular weight is 510 g/mol. The third kappa shape index (κ3) is 5.79. The molecule has 1 atom stereocenters. The maximum absolute atomic E-state index is 13.8. The van der Waals surface area contributed by atoms with Crippen LogP contribution in [0, 0.1) is 32.1 Å². The van der Waals surface area contributed by atoms with Crippen LogP contribution in [0.1, 0.15) is 47.6 Å². The fourth-order valence-corrected chi connectivity index (χ4v) is 5.51. The van der Waals surface area contributed by atoms with Crippen LogP contribution in [-0.2, 0) is 16.0 Å². The van der Waals surface area contributed by atoms with Crippen molar-refractivity contribution in [2.45, 2.75) is 52.2 Å². The van der Waals surface area contributed by atoms with Crippen LogP contribution in [0.5, 0.6) is 0 Å². The Morgan fingerprint density at radius 2 is 1.68 bits per heavy atom. The van der Waals surface area contributed by atoms with Crippen molar-refractivity contribution in [3.05, 3.63) is 105 Å². The number of amides is 2. The van der Waals surface area contributed by atoms with Gasteiger partial charge in [-0.2, -0.15) is 5.26 Å². The normalized spacial score (nSPS) is 16.6. The first-order valence-corrected chi connectivity index (χ1v) is 13.2. The fraction of sp³-hybridized carbons (Fsp3) is 0.258. The Balaban J connectivity index is 1.73. The van der Waals surface area contributed by atoms with Gasteiger partial charge in [0.05, 0.1) is 5.25 Å². The van der Waals surface area contributed by atoms with Crippen LogP contribution in [0.2, 0.25) is 0 Å². The Hall–Kier alpha value is -3.82. The zero-order valence-electron chi connectivity index (χ0n) is 21.8. The molecule has 6 heteroatoms. The van der Waals surface area contributed by atoms with Gasteiger partial charge in [0.15, 0.2) is 0 Å². The van der Waals surface area contributed by atoms with Gasteiger partial charge in [0.1, 0.15) is 16.7 Å². The highest BCUT2D eigenvalue weighted by Gasteiger charge is 2.40. The van der Waals surface area contributed by atoms with Gasteiger partial charge < -0.3 is 5.32 Å². The summed E-state index contributed by atoms with van der Waals surface area (Å²) in [6.45, 7) is 10.3. The number of carbonyl (C=O) groups excluding carboxylic acids is 2. The van der Waals surface area contributed by atoms with E-state index in [4.69, 9.17) is 0 Å². The first-order valence-electron chi connectivity index (χ1n) is 12.4. The number of thioether (sulfide) groups is 1. The summed E-state index contributed by atoms with van der Waals surface area (Å²) in [4.78, 5) is 28.5. The number of nitrogens with zero attached hydrogens (tertiary/aromatic N) is 2. The largest absolute Gasteiger partial charge is 0.321 e. The molecule has 0 aromatic heterocycles. The molecule has 0 spiro atoms. The number of hydrogen-bond acceptors (Lipinski definition) is 4. The van der Waals surface area contributed by atoms with Gasteiger partial charge >= 0.3 is 0 Å². The number of benzene rings is 3. The molecule has 1 unspecified atom stereocenters. The maximum atomic E-state index is 13.8. The second kappa shape index (κ2) is 11.1. The van der Waals surface area contributed by atoms with E-state index in [9.17, 15) is 14.9 Å². The molecule has 1 aliphatic heterocycles. The van der Waals surface area contributed by atoms with Crippen molar-refractivity contribution in [1.82, 2.24) is 0 Å². The number of aryl methyl sites for hydroxylation is 3. The number of anilines is 2. The molecule has 188 valence electrons. The van der Waals surface area contributed by atoms with Gasteiger partial charge in [-0.05, 0) is 79.6 Å². The lowest BCUT2D eigenvalue weighted by Gasteiger charge is -2.19. The Morgan fingerprint density at radius 3 is 2.27 bits per heavy atom. The van der Waals surface area contributed by atoms with Crippen LogP contribution in [0.4, 0.5) is 11.4 Å². The van der Waals surface area contributed by atoms with Crippen molar-refractivity contribution in [2.24, 2.45) is 0 Å². The van der Waals surface area contributed by atoms with Crippen molar-refractivity contribution in [2.75, 3.05) is 10.2 Å². The van der Waals surface area contributed by atoms with Crippen molar-refractivity contribution in [3.8, 4) is 6.07 Å². The Morgan fingerprint density at radius 1 is 1.00 bits per heavy atom. The van der Waals surface area contributed by atoms with Crippen molar-refractivity contribution in [1.29, 1.82) is 5.26 Å². The van der Waals surface area contributed by atoms with Crippen LogP contribution in [0.3, 0.4) is 0 Å². The first-order chi connectivity index (χ1) is 17.7. The number of rotatable bonds is 6. The average Bonchev–Trinajstić information content (AvgIpc) is 3.18. The minimum atomic E-state index is -0.530. The van der Waals surface area contributed by atoms with Crippen LogP contribution >= 0.6 is 11.8 Å². The number of nitriles is 1. The molecule has 1 fully saturated rings. The molecule has 4 rings (SSSR count). The molecular formula is C31H31N3O2S. The molecular weight excluding hydrogens is 478 g/mol. The molecule has 0 saturated carbocycles. The van der Waals surface area contributed by atoms with E-state index in [1.807, 2.05) is 49.4 Å². The Bertz CT molecular complexity index is 1400. The minimum absolute atomic E-state index is 0.0746. The van der Waals surface area contributed by atoms with E-state index in [-0.39, 0.29) is 11.5 Å². The van der Waals surface area contributed by atoms with Gasteiger partial charge in [-0.15, -0.1) is 0 Å². The summed E-state index contributed by atoms with van der Waals surface area (Å²) in [6, 6.07) is 23.4. The zero-order chi connectivity index (χ0) is 26.7. The second-order valence-electron chi connectivity index (χ2n) is 9.76. The third-order valence-electron chi connectivity index (χ3n) is 6.63. The van der Waals surface area contributed by atoms with E-state index < -0.39 is 11.2 Å². The fourth-order valence-electron chi connectivity index (χ4n) is 4.21. The third-order valence-corrected chi connectivity index (χ3v) is 7.89. The molecule has 3 aromatic carbocycles. The molecule has 0 radical (unpaired) electrons. The van der Waals surface area contributed by atoms with E-state index in [2.05, 4.69) is 51.2 Å². The van der Waals surface area contributed by atoms with Gasteiger partial charge in [-0.1, -0.05) is 73.6 Å². The van der Waals surface area contributed by atoms with Crippen molar-refractivity contribution in [3.63, 3.8) is 0 Å². The highest BCUT2D eigenvalue weighted by Crippen LogP contribution is 2.42. The smallest absolute Gasteiger partial charge is 0.269 e. The van der Waals surface area contributed by atoms with Gasteiger partial charge in [0.25, 0.3) is 5.91 Å². The summed E-state index contributed by atoms with van der Waals surface area (Å²) in [5.74, 6) is -0.316. The van der Waals surface area contributed by atoms with Crippen molar-refractivity contribution >= 4 is 35.0 Å². The standard InChI is InChI=1S/C31H31N3O2S/c1-19(2)24-10-14-26(15-11-24)34-30(36)28(17-23-9-8-21(4)22(5)16-23)37-31(34)27(18-32)29(35)33-25-12-6-20(3)7-13-25/h6-16,19,28H,17H2,1-5H3,(H,33,35)/b31-27-. The van der Waals surface area contributed by atoms with E-state index in [1.165, 1.54) is 27.8 Å². The first kappa shape index (κ1) is 26.2. The number of hydrogen-bond donors (Lipinski definition) is 1. The topological polar surface area (TPSA) is 73.2 Å². The second-order valence-corrected chi connectivity index (χ2v) is 11.0. The molecule has 2 amide bonds. The molecule has 1 heterocycles. The van der Waals surface area contributed by atoms with Gasteiger partial charge in [-0.3, -0.25) is 14.5 Å². The van der Waals surface area contributed by atoms with Crippen LogP contribution in [0.15, 0.2) is 77.3 Å². The lowest BCUT2D eigenvalue weighted by Crippen LogP contribution is -2.31. The lowest BCUT2D eigenvalue weighted by atomic mass is 10.0. The number of carbonyl (C=O) groups is 2. The lowest BCUT2D eigenvalue weighted by molar-refractivity contribution is -0.117. The van der Waals surface area contributed by atoms with Crippen LogP contribution < -0.4 is 10.2 Å². The highest BCUT2D eigenvalue weighted by atomic mass is 32.2. The van der Waals surface area contributed by atoms with E-state index in [0.717, 1.165) is 16.7 Å². The van der Waals surface area contributed by atoms with E-state index in [1.54, 1.807) is 12.1 Å². The van der Waals surface area contributed by atoms with Crippen LogP contribution in [-0.4, -0.2) is 17.1 Å².